The highest BCUT2D eigenvalue weighted by molar-refractivity contribution is 5.85. The molecule has 3 heteroatoms. The lowest BCUT2D eigenvalue weighted by atomic mass is 9.78. The summed E-state index contributed by atoms with van der Waals surface area (Å²) in [6.45, 7) is 3.68. The van der Waals surface area contributed by atoms with Gasteiger partial charge < -0.3 is 10.5 Å². The van der Waals surface area contributed by atoms with E-state index in [0.29, 0.717) is 26.2 Å². The molecule has 1 rings (SSSR count). The summed E-state index contributed by atoms with van der Waals surface area (Å²) in [6, 6.07) is 0. The Morgan fingerprint density at radius 1 is 1.64 bits per heavy atom. The van der Waals surface area contributed by atoms with Crippen molar-refractivity contribution in [3.63, 3.8) is 0 Å². The molecule has 0 spiro atoms. The third-order valence-electron chi connectivity index (χ3n) is 2.40. The number of rotatable bonds is 4. The first kappa shape index (κ1) is 8.68. The number of Topliss-reactive ketones (excluding diaryl/α,β-unsaturated/α-hetero) is 1. The summed E-state index contributed by atoms with van der Waals surface area (Å²) in [6.07, 6.45) is 1.38. The zero-order valence-electron chi connectivity index (χ0n) is 6.93. The summed E-state index contributed by atoms with van der Waals surface area (Å²) in [4.78, 5) is 11.4. The molecule has 0 bridgehead atoms. The highest BCUT2D eigenvalue weighted by atomic mass is 16.5. The Morgan fingerprint density at radius 2 is 2.27 bits per heavy atom. The van der Waals surface area contributed by atoms with Gasteiger partial charge in [0.15, 0.2) is 0 Å². The van der Waals surface area contributed by atoms with Crippen LogP contribution in [-0.4, -0.2) is 25.5 Å². The number of hydrogen-bond acceptors (Lipinski definition) is 3. The van der Waals surface area contributed by atoms with Gasteiger partial charge in [0.05, 0.1) is 18.6 Å². The van der Waals surface area contributed by atoms with Gasteiger partial charge in [0, 0.05) is 6.42 Å². The van der Waals surface area contributed by atoms with E-state index in [1.165, 1.54) is 0 Å². The molecular weight excluding hydrogens is 142 g/mol. The molecule has 0 atom stereocenters. The normalized spacial score (nSPS) is 20.9. The van der Waals surface area contributed by atoms with E-state index >= 15 is 0 Å². The summed E-state index contributed by atoms with van der Waals surface area (Å²) in [5.41, 5.74) is 5.13. The quantitative estimate of drug-likeness (QED) is 0.640. The van der Waals surface area contributed by atoms with Crippen molar-refractivity contribution in [3.8, 4) is 0 Å². The average Bonchev–Trinajstić information content (AvgIpc) is 1.87. The summed E-state index contributed by atoms with van der Waals surface area (Å²) in [5.74, 6) is 0.272. The van der Waals surface area contributed by atoms with E-state index < -0.39 is 0 Å². The fraction of sp³-hybridized carbons (Fsp3) is 0.875. The molecular formula is C8H15NO2. The lowest BCUT2D eigenvalue weighted by Crippen LogP contribution is -2.49. The SMILES string of the molecule is CCC1(C(=O)CCN)COC1. The van der Waals surface area contributed by atoms with Crippen LogP contribution in [0.5, 0.6) is 0 Å². The molecule has 1 aliphatic heterocycles. The summed E-state index contributed by atoms with van der Waals surface area (Å²) >= 11 is 0. The van der Waals surface area contributed by atoms with Gasteiger partial charge >= 0.3 is 0 Å². The number of hydrogen-bond donors (Lipinski definition) is 1. The third kappa shape index (κ3) is 1.44. The van der Waals surface area contributed by atoms with Crippen molar-refractivity contribution >= 4 is 5.78 Å². The van der Waals surface area contributed by atoms with Crippen molar-refractivity contribution in [2.45, 2.75) is 19.8 Å². The topological polar surface area (TPSA) is 52.3 Å². The minimum Gasteiger partial charge on any atom is -0.379 e. The Kier molecular flexibility index (Phi) is 2.62. The van der Waals surface area contributed by atoms with Gasteiger partial charge in [-0.25, -0.2) is 0 Å². The summed E-state index contributed by atoms with van der Waals surface area (Å²) in [7, 11) is 0. The van der Waals surface area contributed by atoms with E-state index in [1.807, 2.05) is 6.92 Å². The number of ether oxygens (including phenoxy) is 1. The van der Waals surface area contributed by atoms with Gasteiger partial charge in [-0.3, -0.25) is 4.79 Å². The van der Waals surface area contributed by atoms with E-state index in [2.05, 4.69) is 0 Å². The molecule has 0 unspecified atom stereocenters. The molecule has 0 saturated carbocycles. The Bertz CT molecular complexity index is 147. The maximum absolute atomic E-state index is 11.4. The van der Waals surface area contributed by atoms with E-state index in [9.17, 15) is 4.79 Å². The number of carbonyl (C=O) groups excluding carboxylic acids is 1. The average molecular weight is 157 g/mol. The van der Waals surface area contributed by atoms with E-state index in [-0.39, 0.29) is 11.2 Å². The van der Waals surface area contributed by atoms with Crippen molar-refractivity contribution in [2.24, 2.45) is 11.1 Å². The minimum absolute atomic E-state index is 0.167. The monoisotopic (exact) mass is 157 g/mol. The van der Waals surface area contributed by atoms with Crippen LogP contribution in [-0.2, 0) is 9.53 Å². The van der Waals surface area contributed by atoms with Crippen LogP contribution >= 0.6 is 0 Å². The molecule has 1 heterocycles. The lowest BCUT2D eigenvalue weighted by Gasteiger charge is -2.39. The Hall–Kier alpha value is -0.410. The number of carbonyl (C=O) groups is 1. The van der Waals surface area contributed by atoms with Crippen LogP contribution in [0.15, 0.2) is 0 Å². The summed E-state index contributed by atoms with van der Waals surface area (Å²) in [5, 5.41) is 0. The molecule has 1 fully saturated rings. The van der Waals surface area contributed by atoms with Crippen LogP contribution in [0.25, 0.3) is 0 Å². The van der Waals surface area contributed by atoms with Crippen LogP contribution < -0.4 is 5.73 Å². The van der Waals surface area contributed by atoms with Crippen LogP contribution in [0.2, 0.25) is 0 Å². The van der Waals surface area contributed by atoms with Gasteiger partial charge in [-0.1, -0.05) is 6.92 Å². The molecule has 1 aliphatic rings. The Morgan fingerprint density at radius 3 is 2.55 bits per heavy atom. The van der Waals surface area contributed by atoms with Gasteiger partial charge in [-0.2, -0.15) is 0 Å². The molecule has 0 aliphatic carbocycles. The van der Waals surface area contributed by atoms with Crippen molar-refractivity contribution in [1.29, 1.82) is 0 Å². The second-order valence-electron chi connectivity index (χ2n) is 3.09. The maximum atomic E-state index is 11.4. The zero-order chi connectivity index (χ0) is 8.32. The van der Waals surface area contributed by atoms with Crippen molar-refractivity contribution in [2.75, 3.05) is 19.8 Å². The van der Waals surface area contributed by atoms with Crippen LogP contribution in [0.4, 0.5) is 0 Å². The van der Waals surface area contributed by atoms with Crippen molar-refractivity contribution in [1.82, 2.24) is 0 Å². The molecule has 3 nitrogen and oxygen atoms in total. The van der Waals surface area contributed by atoms with Gasteiger partial charge in [-0.05, 0) is 13.0 Å². The van der Waals surface area contributed by atoms with Crippen LogP contribution in [0.3, 0.4) is 0 Å². The van der Waals surface area contributed by atoms with Crippen LogP contribution in [0, 0.1) is 5.41 Å². The first-order valence-corrected chi connectivity index (χ1v) is 4.06. The minimum atomic E-state index is -0.167. The second kappa shape index (κ2) is 3.32. The fourth-order valence-corrected chi connectivity index (χ4v) is 1.31. The van der Waals surface area contributed by atoms with E-state index in [0.717, 1.165) is 6.42 Å². The molecule has 0 aromatic heterocycles. The smallest absolute Gasteiger partial charge is 0.144 e. The first-order chi connectivity index (χ1) is 5.25. The maximum Gasteiger partial charge on any atom is 0.144 e. The lowest BCUT2D eigenvalue weighted by molar-refractivity contribution is -0.159. The fourth-order valence-electron chi connectivity index (χ4n) is 1.31. The highest BCUT2D eigenvalue weighted by Gasteiger charge is 2.42. The van der Waals surface area contributed by atoms with Gasteiger partial charge in [0.1, 0.15) is 5.78 Å². The van der Waals surface area contributed by atoms with E-state index in [1.54, 1.807) is 0 Å². The third-order valence-corrected chi connectivity index (χ3v) is 2.40. The van der Waals surface area contributed by atoms with Crippen molar-refractivity contribution in [3.05, 3.63) is 0 Å². The van der Waals surface area contributed by atoms with Gasteiger partial charge in [0.2, 0.25) is 0 Å². The largest absolute Gasteiger partial charge is 0.379 e. The standard InChI is InChI=1S/C8H15NO2/c1-2-8(5-11-6-8)7(10)3-4-9/h2-6,9H2,1H3. The molecule has 1 saturated heterocycles. The van der Waals surface area contributed by atoms with Gasteiger partial charge in [0.25, 0.3) is 0 Å². The number of ketones is 1. The first-order valence-electron chi connectivity index (χ1n) is 4.06. The van der Waals surface area contributed by atoms with Crippen LogP contribution in [0.1, 0.15) is 19.8 Å². The predicted octanol–water partition coefficient (Wildman–Crippen LogP) is 0.331. The van der Waals surface area contributed by atoms with Crippen molar-refractivity contribution < 1.29 is 9.53 Å². The molecule has 64 valence electrons. The molecule has 0 aromatic rings. The second-order valence-corrected chi connectivity index (χ2v) is 3.09. The molecule has 11 heavy (non-hydrogen) atoms. The molecule has 2 N–H and O–H groups in total. The zero-order valence-corrected chi connectivity index (χ0v) is 6.93. The Labute approximate surface area is 66.9 Å². The molecule has 0 amide bonds. The van der Waals surface area contributed by atoms with Gasteiger partial charge in [-0.15, -0.1) is 0 Å². The molecule has 0 aromatic carbocycles. The number of nitrogens with two attached hydrogens (primary N) is 1. The Balaban J connectivity index is 2.47. The predicted molar refractivity (Wildman–Crippen MR) is 42.2 cm³/mol. The summed E-state index contributed by atoms with van der Waals surface area (Å²) < 4.78 is 5.03. The highest BCUT2D eigenvalue weighted by Crippen LogP contribution is 2.32. The molecule has 0 radical (unpaired) electrons. The van der Waals surface area contributed by atoms with E-state index in [4.69, 9.17) is 10.5 Å².